The van der Waals surface area contributed by atoms with Gasteiger partial charge in [0.25, 0.3) is 0 Å². The van der Waals surface area contributed by atoms with Crippen LogP contribution in [-0.2, 0) is 9.53 Å². The molecular formula is C15H32N2O2. The summed E-state index contributed by atoms with van der Waals surface area (Å²) >= 11 is 0. The minimum atomic E-state index is -0.664. The minimum absolute atomic E-state index is 0.204. The lowest BCUT2D eigenvalue weighted by atomic mass is 9.98. The van der Waals surface area contributed by atoms with E-state index in [-0.39, 0.29) is 12.0 Å². The summed E-state index contributed by atoms with van der Waals surface area (Å²) in [5.41, 5.74) is -0.664. The third kappa shape index (κ3) is 6.39. The quantitative estimate of drug-likeness (QED) is 0.688. The van der Waals surface area contributed by atoms with Crippen LogP contribution in [0.4, 0.5) is 0 Å². The Morgan fingerprint density at radius 3 is 2.16 bits per heavy atom. The Labute approximate surface area is 118 Å². The van der Waals surface area contributed by atoms with E-state index in [2.05, 4.69) is 38.0 Å². The largest absolute Gasteiger partial charge is 0.468 e. The molecule has 0 spiro atoms. The van der Waals surface area contributed by atoms with Crippen LogP contribution in [0.2, 0.25) is 0 Å². The molecule has 4 heteroatoms. The number of esters is 1. The lowest BCUT2D eigenvalue weighted by Crippen LogP contribution is -2.59. The first-order valence-corrected chi connectivity index (χ1v) is 7.18. The number of rotatable bonds is 8. The van der Waals surface area contributed by atoms with Crippen LogP contribution in [0.5, 0.6) is 0 Å². The Balaban J connectivity index is 4.77. The molecule has 0 heterocycles. The summed E-state index contributed by atoms with van der Waals surface area (Å²) in [6.07, 6.45) is 1.12. The Hall–Kier alpha value is -0.610. The fourth-order valence-corrected chi connectivity index (χ4v) is 2.55. The molecule has 0 aromatic heterocycles. The average Bonchev–Trinajstić information content (AvgIpc) is 2.25. The topological polar surface area (TPSA) is 41.6 Å². The fourth-order valence-electron chi connectivity index (χ4n) is 2.55. The molecule has 0 rings (SSSR count). The van der Waals surface area contributed by atoms with Crippen LogP contribution in [0.1, 0.15) is 48.0 Å². The Bertz CT molecular complexity index is 279. The fraction of sp³-hybridized carbons (Fsp3) is 0.933. The predicted molar refractivity (Wildman–Crippen MR) is 80.2 cm³/mol. The van der Waals surface area contributed by atoms with E-state index in [9.17, 15) is 4.79 Å². The van der Waals surface area contributed by atoms with E-state index in [1.54, 1.807) is 0 Å². The molecule has 0 aliphatic carbocycles. The molecule has 114 valence electrons. The highest BCUT2D eigenvalue weighted by molar-refractivity contribution is 5.80. The second kappa shape index (κ2) is 7.85. The number of carbonyl (C=O) groups is 1. The van der Waals surface area contributed by atoms with Crippen molar-refractivity contribution in [2.75, 3.05) is 20.7 Å². The molecule has 0 saturated heterocycles. The van der Waals surface area contributed by atoms with Crippen molar-refractivity contribution in [3.63, 3.8) is 0 Å². The molecule has 0 bridgehead atoms. The summed E-state index contributed by atoms with van der Waals surface area (Å²) in [4.78, 5) is 14.3. The first kappa shape index (κ1) is 18.4. The lowest BCUT2D eigenvalue weighted by Gasteiger charge is -2.36. The highest BCUT2D eigenvalue weighted by atomic mass is 16.5. The predicted octanol–water partition coefficient (Wildman–Crippen LogP) is 2.28. The van der Waals surface area contributed by atoms with Crippen LogP contribution in [-0.4, -0.2) is 49.2 Å². The number of likely N-dealkylation sites (N-methyl/N-ethyl adjacent to an activating group) is 1. The second-order valence-corrected chi connectivity index (χ2v) is 6.52. The maximum atomic E-state index is 12.0. The molecule has 2 unspecified atom stereocenters. The Morgan fingerprint density at radius 2 is 1.79 bits per heavy atom. The van der Waals surface area contributed by atoms with Crippen molar-refractivity contribution in [1.29, 1.82) is 0 Å². The van der Waals surface area contributed by atoms with Crippen molar-refractivity contribution in [2.24, 2.45) is 5.92 Å². The second-order valence-electron chi connectivity index (χ2n) is 6.52. The highest BCUT2D eigenvalue weighted by Crippen LogP contribution is 2.15. The summed E-state index contributed by atoms with van der Waals surface area (Å²) in [6.45, 7) is 13.3. The zero-order valence-electron chi connectivity index (χ0n) is 13.9. The number of ether oxygens (including phenoxy) is 1. The molecule has 4 nitrogen and oxygen atoms in total. The zero-order chi connectivity index (χ0) is 15.2. The van der Waals surface area contributed by atoms with Crippen molar-refractivity contribution in [3.8, 4) is 0 Å². The first-order chi connectivity index (χ1) is 8.62. The van der Waals surface area contributed by atoms with Gasteiger partial charge in [0, 0.05) is 18.6 Å². The van der Waals surface area contributed by atoms with E-state index in [0.29, 0.717) is 18.5 Å². The first-order valence-electron chi connectivity index (χ1n) is 7.18. The van der Waals surface area contributed by atoms with Crippen LogP contribution in [0.15, 0.2) is 0 Å². The van der Waals surface area contributed by atoms with Gasteiger partial charge in [-0.05, 0) is 47.1 Å². The maximum Gasteiger partial charge on any atom is 0.327 e. The molecule has 19 heavy (non-hydrogen) atoms. The molecule has 0 radical (unpaired) electrons. The summed E-state index contributed by atoms with van der Waals surface area (Å²) in [6, 6.07) is 0.677. The summed E-state index contributed by atoms with van der Waals surface area (Å²) in [5.74, 6) is 0.449. The lowest BCUT2D eigenvalue weighted by molar-refractivity contribution is -0.149. The van der Waals surface area contributed by atoms with Gasteiger partial charge in [0.2, 0.25) is 0 Å². The normalized spacial score (nSPS) is 16.8. The van der Waals surface area contributed by atoms with Gasteiger partial charge in [-0.25, -0.2) is 0 Å². The van der Waals surface area contributed by atoms with E-state index >= 15 is 0 Å². The SMILES string of the molecule is COC(=O)C(C)(CN(C)C(C)CC(C)C)NC(C)C. The van der Waals surface area contributed by atoms with Gasteiger partial charge in [0.1, 0.15) is 5.54 Å². The van der Waals surface area contributed by atoms with E-state index in [1.165, 1.54) is 7.11 Å². The van der Waals surface area contributed by atoms with Gasteiger partial charge >= 0.3 is 5.97 Å². The summed E-state index contributed by atoms with van der Waals surface area (Å²) < 4.78 is 4.95. The van der Waals surface area contributed by atoms with Crippen LogP contribution < -0.4 is 5.32 Å². The molecule has 1 N–H and O–H groups in total. The third-order valence-corrected chi connectivity index (χ3v) is 3.37. The van der Waals surface area contributed by atoms with Gasteiger partial charge in [0.05, 0.1) is 7.11 Å². The van der Waals surface area contributed by atoms with Crippen molar-refractivity contribution in [2.45, 2.75) is 65.6 Å². The van der Waals surface area contributed by atoms with Crippen LogP contribution in [0.25, 0.3) is 0 Å². The molecular weight excluding hydrogens is 240 g/mol. The van der Waals surface area contributed by atoms with Gasteiger partial charge in [-0.1, -0.05) is 13.8 Å². The Kier molecular flexibility index (Phi) is 7.60. The van der Waals surface area contributed by atoms with Crippen LogP contribution in [0, 0.1) is 5.92 Å². The number of hydrogen-bond acceptors (Lipinski definition) is 4. The van der Waals surface area contributed by atoms with Crippen molar-refractivity contribution < 1.29 is 9.53 Å². The molecule has 0 aromatic rings. The number of methoxy groups -OCH3 is 1. The number of nitrogens with zero attached hydrogens (tertiary/aromatic N) is 1. The third-order valence-electron chi connectivity index (χ3n) is 3.37. The monoisotopic (exact) mass is 272 g/mol. The number of carbonyl (C=O) groups excluding carboxylic acids is 1. The molecule has 0 fully saturated rings. The molecule has 0 aliphatic heterocycles. The molecule has 0 aliphatic rings. The van der Waals surface area contributed by atoms with Crippen molar-refractivity contribution in [1.82, 2.24) is 10.2 Å². The van der Waals surface area contributed by atoms with Crippen molar-refractivity contribution >= 4 is 5.97 Å². The molecule has 0 amide bonds. The van der Waals surface area contributed by atoms with E-state index in [4.69, 9.17) is 4.74 Å². The molecule has 0 aromatic carbocycles. The summed E-state index contributed by atoms with van der Waals surface area (Å²) in [7, 11) is 3.51. The maximum absolute atomic E-state index is 12.0. The van der Waals surface area contributed by atoms with Crippen molar-refractivity contribution in [3.05, 3.63) is 0 Å². The van der Waals surface area contributed by atoms with Gasteiger partial charge in [0.15, 0.2) is 0 Å². The smallest absolute Gasteiger partial charge is 0.327 e. The standard InChI is InChI=1S/C15H32N2O2/c1-11(2)9-13(5)17(7)10-15(6,14(18)19-8)16-12(3)4/h11-13,16H,9-10H2,1-8H3. The number of hydrogen-bond donors (Lipinski definition) is 1. The van der Waals surface area contributed by atoms with Gasteiger partial charge in [-0.2, -0.15) is 0 Å². The van der Waals surface area contributed by atoms with Gasteiger partial charge in [-0.3, -0.25) is 10.1 Å². The molecule has 2 atom stereocenters. The highest BCUT2D eigenvalue weighted by Gasteiger charge is 2.36. The average molecular weight is 272 g/mol. The molecule has 0 saturated carbocycles. The Morgan fingerprint density at radius 1 is 1.26 bits per heavy atom. The van der Waals surface area contributed by atoms with Crippen LogP contribution >= 0.6 is 0 Å². The number of nitrogens with one attached hydrogen (secondary N) is 1. The van der Waals surface area contributed by atoms with E-state index in [0.717, 1.165) is 6.42 Å². The van der Waals surface area contributed by atoms with E-state index in [1.807, 2.05) is 20.8 Å². The van der Waals surface area contributed by atoms with Gasteiger partial charge < -0.3 is 9.64 Å². The van der Waals surface area contributed by atoms with Gasteiger partial charge in [-0.15, -0.1) is 0 Å². The van der Waals surface area contributed by atoms with Crippen LogP contribution in [0.3, 0.4) is 0 Å². The van der Waals surface area contributed by atoms with E-state index < -0.39 is 5.54 Å². The minimum Gasteiger partial charge on any atom is -0.468 e. The summed E-state index contributed by atoms with van der Waals surface area (Å²) in [5, 5.41) is 3.33. The zero-order valence-corrected chi connectivity index (χ0v) is 13.9.